The number of aliphatic hydroxyl groups is 1. The van der Waals surface area contributed by atoms with Gasteiger partial charge in [-0.3, -0.25) is 0 Å². The molecule has 4 rings (SSSR count). The van der Waals surface area contributed by atoms with E-state index >= 15 is 0 Å². The van der Waals surface area contributed by atoms with E-state index in [1.807, 2.05) is 12.1 Å². The van der Waals surface area contributed by atoms with Gasteiger partial charge in [0.05, 0.1) is 4.34 Å². The Hall–Kier alpha value is -0.0500. The van der Waals surface area contributed by atoms with Crippen LogP contribution < -0.4 is 0 Å². The molecule has 3 aliphatic carbocycles. The average Bonchev–Trinajstić information content (AvgIpc) is 2.95. The molecule has 1 N–H and O–H groups in total. The average molecular weight is 269 g/mol. The summed E-state index contributed by atoms with van der Waals surface area (Å²) in [6, 6.07) is 3.97. The number of fused-ring (bicyclic) bond motifs is 5. The summed E-state index contributed by atoms with van der Waals surface area (Å²) in [7, 11) is 0. The van der Waals surface area contributed by atoms with E-state index in [2.05, 4.69) is 0 Å². The van der Waals surface area contributed by atoms with Gasteiger partial charge >= 0.3 is 0 Å². The van der Waals surface area contributed by atoms with Gasteiger partial charge in [-0.1, -0.05) is 18.0 Å². The second kappa shape index (κ2) is 3.49. The third-order valence-electron chi connectivity index (χ3n) is 5.49. The Morgan fingerprint density at radius 1 is 1.29 bits per heavy atom. The van der Waals surface area contributed by atoms with Gasteiger partial charge in [-0.05, 0) is 61.5 Å². The maximum Gasteiger partial charge on any atom is 0.102 e. The number of halogens is 1. The molecule has 0 amide bonds. The fraction of sp³-hybridized carbons (Fsp3) is 0.714. The smallest absolute Gasteiger partial charge is 0.102 e. The topological polar surface area (TPSA) is 20.2 Å². The SMILES string of the molecule is OC1(c2ccc(Cl)s2)CC2CC1C1CCCC21. The summed E-state index contributed by atoms with van der Waals surface area (Å²) in [5, 5.41) is 11.1. The van der Waals surface area contributed by atoms with Gasteiger partial charge in [0.1, 0.15) is 5.60 Å². The molecule has 3 heteroatoms. The van der Waals surface area contributed by atoms with Gasteiger partial charge < -0.3 is 5.11 Å². The standard InChI is InChI=1S/C14H17ClOS/c15-13-5-4-12(17-13)14(16)7-8-6-11(14)10-3-1-2-9(8)10/h4-5,8-11,16H,1-3,6-7H2. The minimum atomic E-state index is -0.548. The van der Waals surface area contributed by atoms with E-state index in [9.17, 15) is 5.11 Å². The Kier molecular flexibility index (Phi) is 2.23. The Labute approximate surface area is 111 Å². The van der Waals surface area contributed by atoms with Crippen molar-refractivity contribution in [2.24, 2.45) is 23.7 Å². The molecular weight excluding hydrogens is 252 g/mol. The van der Waals surface area contributed by atoms with Crippen molar-refractivity contribution < 1.29 is 5.11 Å². The second-order valence-electron chi connectivity index (χ2n) is 6.09. The van der Waals surface area contributed by atoms with E-state index in [-0.39, 0.29) is 0 Å². The van der Waals surface area contributed by atoms with Crippen LogP contribution in [0.2, 0.25) is 4.34 Å². The van der Waals surface area contributed by atoms with Crippen LogP contribution in [0.3, 0.4) is 0 Å². The number of hydrogen-bond donors (Lipinski definition) is 1. The first kappa shape index (κ1) is 10.8. The molecule has 92 valence electrons. The van der Waals surface area contributed by atoms with Crippen molar-refractivity contribution in [2.75, 3.05) is 0 Å². The molecule has 3 fully saturated rings. The highest BCUT2D eigenvalue weighted by atomic mass is 35.5. The molecule has 0 saturated heterocycles. The summed E-state index contributed by atoms with van der Waals surface area (Å²) >= 11 is 7.59. The molecule has 5 atom stereocenters. The number of hydrogen-bond acceptors (Lipinski definition) is 2. The largest absolute Gasteiger partial charge is 0.384 e. The number of rotatable bonds is 1. The zero-order valence-corrected chi connectivity index (χ0v) is 11.3. The van der Waals surface area contributed by atoms with Gasteiger partial charge in [0.2, 0.25) is 0 Å². The molecule has 3 saturated carbocycles. The fourth-order valence-corrected chi connectivity index (χ4v) is 6.15. The third kappa shape index (κ3) is 1.35. The van der Waals surface area contributed by atoms with Crippen LogP contribution in [0.5, 0.6) is 0 Å². The zero-order valence-electron chi connectivity index (χ0n) is 9.73. The van der Waals surface area contributed by atoms with E-state index in [0.717, 1.165) is 33.4 Å². The minimum absolute atomic E-state index is 0.509. The lowest BCUT2D eigenvalue weighted by molar-refractivity contribution is -0.0482. The monoisotopic (exact) mass is 268 g/mol. The summed E-state index contributed by atoms with van der Waals surface area (Å²) in [6.45, 7) is 0. The van der Waals surface area contributed by atoms with Crippen LogP contribution >= 0.6 is 22.9 Å². The molecule has 0 aromatic carbocycles. The highest BCUT2D eigenvalue weighted by Crippen LogP contribution is 2.65. The molecule has 1 heterocycles. The molecule has 1 aromatic rings. The highest BCUT2D eigenvalue weighted by molar-refractivity contribution is 7.16. The van der Waals surface area contributed by atoms with Crippen molar-refractivity contribution in [1.82, 2.24) is 0 Å². The van der Waals surface area contributed by atoms with Crippen LogP contribution in [-0.2, 0) is 5.60 Å². The molecule has 2 bridgehead atoms. The molecule has 17 heavy (non-hydrogen) atoms. The van der Waals surface area contributed by atoms with Gasteiger partial charge in [-0.25, -0.2) is 0 Å². The maximum atomic E-state index is 11.1. The van der Waals surface area contributed by atoms with Gasteiger partial charge in [0.25, 0.3) is 0 Å². The lowest BCUT2D eigenvalue weighted by Crippen LogP contribution is -2.38. The Morgan fingerprint density at radius 3 is 2.88 bits per heavy atom. The van der Waals surface area contributed by atoms with E-state index in [1.165, 1.54) is 25.7 Å². The first-order valence-corrected chi connectivity index (χ1v) is 7.86. The van der Waals surface area contributed by atoms with Gasteiger partial charge in [0.15, 0.2) is 0 Å². The van der Waals surface area contributed by atoms with Gasteiger partial charge in [-0.15, -0.1) is 11.3 Å². The predicted octanol–water partition coefficient (Wildman–Crippen LogP) is 4.05. The van der Waals surface area contributed by atoms with Crippen LogP contribution in [-0.4, -0.2) is 5.11 Å². The lowest BCUT2D eigenvalue weighted by atomic mass is 9.72. The van der Waals surface area contributed by atoms with E-state index in [0.29, 0.717) is 5.92 Å². The molecule has 1 aromatic heterocycles. The van der Waals surface area contributed by atoms with Crippen molar-refractivity contribution in [1.29, 1.82) is 0 Å². The molecule has 0 spiro atoms. The van der Waals surface area contributed by atoms with Crippen molar-refractivity contribution >= 4 is 22.9 Å². The van der Waals surface area contributed by atoms with Crippen LogP contribution in [0.15, 0.2) is 12.1 Å². The zero-order chi connectivity index (χ0) is 11.6. The maximum absolute atomic E-state index is 11.1. The van der Waals surface area contributed by atoms with Crippen LogP contribution in [0.4, 0.5) is 0 Å². The summed E-state index contributed by atoms with van der Waals surface area (Å²) in [6.07, 6.45) is 6.36. The van der Waals surface area contributed by atoms with Crippen molar-refractivity contribution in [3.05, 3.63) is 21.3 Å². The Bertz CT molecular complexity index is 457. The van der Waals surface area contributed by atoms with E-state index < -0.39 is 5.60 Å². The molecular formula is C14H17ClOS. The summed E-state index contributed by atoms with van der Waals surface area (Å²) in [4.78, 5) is 1.11. The molecule has 3 aliphatic rings. The first-order chi connectivity index (χ1) is 8.18. The first-order valence-electron chi connectivity index (χ1n) is 6.66. The van der Waals surface area contributed by atoms with Gasteiger partial charge in [0, 0.05) is 4.88 Å². The Balaban J connectivity index is 1.72. The highest BCUT2D eigenvalue weighted by Gasteiger charge is 2.61. The normalized spacial score (nSPS) is 47.6. The molecule has 1 nitrogen and oxygen atoms in total. The van der Waals surface area contributed by atoms with Gasteiger partial charge in [-0.2, -0.15) is 0 Å². The third-order valence-corrected chi connectivity index (χ3v) is 6.89. The lowest BCUT2D eigenvalue weighted by Gasteiger charge is -2.38. The Morgan fingerprint density at radius 2 is 2.12 bits per heavy atom. The van der Waals surface area contributed by atoms with Crippen LogP contribution in [0.1, 0.15) is 37.0 Å². The van der Waals surface area contributed by atoms with Crippen LogP contribution in [0, 0.1) is 23.7 Å². The number of thiophene rings is 1. The quantitative estimate of drug-likeness (QED) is 0.815. The van der Waals surface area contributed by atoms with Crippen molar-refractivity contribution in [3.8, 4) is 0 Å². The van der Waals surface area contributed by atoms with Crippen molar-refractivity contribution in [3.63, 3.8) is 0 Å². The predicted molar refractivity (Wildman–Crippen MR) is 70.3 cm³/mol. The van der Waals surface area contributed by atoms with Crippen molar-refractivity contribution in [2.45, 2.75) is 37.7 Å². The summed E-state index contributed by atoms with van der Waals surface area (Å²) in [5.74, 6) is 3.00. The van der Waals surface area contributed by atoms with E-state index in [4.69, 9.17) is 11.6 Å². The molecule has 0 radical (unpaired) electrons. The van der Waals surface area contributed by atoms with Crippen LogP contribution in [0.25, 0.3) is 0 Å². The molecule has 5 unspecified atom stereocenters. The van der Waals surface area contributed by atoms with E-state index in [1.54, 1.807) is 11.3 Å². The minimum Gasteiger partial charge on any atom is -0.384 e. The fourth-order valence-electron chi connectivity index (χ4n) is 4.94. The second-order valence-corrected chi connectivity index (χ2v) is 7.81. The summed E-state index contributed by atoms with van der Waals surface area (Å²) < 4.78 is 0.805. The molecule has 0 aliphatic heterocycles. The summed E-state index contributed by atoms with van der Waals surface area (Å²) in [5.41, 5.74) is -0.548.